The van der Waals surface area contributed by atoms with Gasteiger partial charge >= 0.3 is 0 Å². The number of rotatable bonds is 6. The molecule has 23 heavy (non-hydrogen) atoms. The Morgan fingerprint density at radius 3 is 2.43 bits per heavy atom. The molecule has 0 heterocycles. The van der Waals surface area contributed by atoms with E-state index in [-0.39, 0.29) is 18.5 Å². The van der Waals surface area contributed by atoms with Gasteiger partial charge in [0.05, 0.1) is 0 Å². The molecule has 0 aromatic heterocycles. The van der Waals surface area contributed by atoms with Gasteiger partial charge in [0.15, 0.2) is 6.54 Å². The Balaban J connectivity index is 1.87. The van der Waals surface area contributed by atoms with E-state index in [1.54, 1.807) is 24.3 Å². The number of nitrogens with two attached hydrogens (primary N) is 2. The zero-order valence-corrected chi connectivity index (χ0v) is 13.5. The van der Waals surface area contributed by atoms with Gasteiger partial charge in [-0.1, -0.05) is 29.8 Å². The highest BCUT2D eigenvalue weighted by molar-refractivity contribution is 6.31. The van der Waals surface area contributed by atoms with Crippen LogP contribution < -0.4 is 16.4 Å². The fourth-order valence-corrected chi connectivity index (χ4v) is 2.49. The van der Waals surface area contributed by atoms with Crippen molar-refractivity contribution in [1.29, 1.82) is 0 Å². The highest BCUT2D eigenvalue weighted by Gasteiger charge is 2.14. The second-order valence-corrected chi connectivity index (χ2v) is 5.65. The van der Waals surface area contributed by atoms with Gasteiger partial charge in [-0.25, -0.2) is 0 Å². The first-order valence-corrected chi connectivity index (χ1v) is 7.62. The van der Waals surface area contributed by atoms with Crippen molar-refractivity contribution < 1.29 is 14.9 Å². The predicted octanol–water partition coefficient (Wildman–Crippen LogP) is 1.70. The molecule has 0 aliphatic heterocycles. The van der Waals surface area contributed by atoms with Crippen LogP contribution in [0.25, 0.3) is 0 Å². The van der Waals surface area contributed by atoms with E-state index < -0.39 is 5.91 Å². The molecule has 0 saturated heterocycles. The number of hydrogen-bond donors (Lipinski definition) is 3. The molecule has 5 nitrogen and oxygen atoms in total. The quantitative estimate of drug-likeness (QED) is 0.751. The highest BCUT2D eigenvalue weighted by atomic mass is 35.5. The molecule has 6 heteroatoms. The fraction of sp³-hybridized carbons (Fsp3) is 0.176. The second kappa shape index (κ2) is 7.76. The smallest absolute Gasteiger partial charge is 0.279 e. The summed E-state index contributed by atoms with van der Waals surface area (Å²) in [5, 5.41) is 5.38. The number of halogens is 1. The summed E-state index contributed by atoms with van der Waals surface area (Å²) < 4.78 is 0. The van der Waals surface area contributed by atoms with E-state index in [1.807, 2.05) is 36.5 Å². The SMILES string of the molecule is C[C@@H]([NH2+]CC(=O)Nc1ccc(C(N)=O)cc1)c1ccccc1Cl. The largest absolute Gasteiger partial charge is 0.366 e. The first-order valence-electron chi connectivity index (χ1n) is 7.25. The van der Waals surface area contributed by atoms with Gasteiger partial charge in [0.25, 0.3) is 5.91 Å². The van der Waals surface area contributed by atoms with Gasteiger partial charge in [0.2, 0.25) is 5.91 Å². The Hall–Kier alpha value is -2.37. The predicted molar refractivity (Wildman–Crippen MR) is 90.2 cm³/mol. The van der Waals surface area contributed by atoms with Crippen LogP contribution in [0, 0.1) is 0 Å². The summed E-state index contributed by atoms with van der Waals surface area (Å²) in [5.74, 6) is -0.625. The summed E-state index contributed by atoms with van der Waals surface area (Å²) in [4.78, 5) is 23.0. The molecule has 2 amide bonds. The van der Waals surface area contributed by atoms with Crippen LogP contribution in [0.2, 0.25) is 5.02 Å². The molecule has 2 aromatic carbocycles. The fourth-order valence-electron chi connectivity index (χ4n) is 2.19. The average Bonchev–Trinajstić information content (AvgIpc) is 2.53. The van der Waals surface area contributed by atoms with E-state index in [9.17, 15) is 9.59 Å². The summed E-state index contributed by atoms with van der Waals surface area (Å²) in [7, 11) is 0. The molecule has 0 aliphatic rings. The molecule has 0 bridgehead atoms. The Kier molecular flexibility index (Phi) is 5.73. The van der Waals surface area contributed by atoms with E-state index >= 15 is 0 Å². The number of carbonyl (C=O) groups is 2. The van der Waals surface area contributed by atoms with Gasteiger partial charge in [-0.05, 0) is 37.3 Å². The van der Waals surface area contributed by atoms with Crippen LogP contribution in [0.4, 0.5) is 5.69 Å². The number of primary amides is 1. The molecule has 1 atom stereocenters. The number of quaternary nitrogens is 1. The van der Waals surface area contributed by atoms with Gasteiger partial charge in [0, 0.05) is 21.8 Å². The van der Waals surface area contributed by atoms with Crippen LogP contribution >= 0.6 is 11.6 Å². The number of carbonyl (C=O) groups excluding carboxylic acids is 2. The van der Waals surface area contributed by atoms with Gasteiger partial charge in [-0.2, -0.15) is 0 Å². The zero-order chi connectivity index (χ0) is 16.8. The lowest BCUT2D eigenvalue weighted by Gasteiger charge is -2.12. The van der Waals surface area contributed by atoms with Crippen LogP contribution in [0.5, 0.6) is 0 Å². The molecule has 0 fully saturated rings. The Bertz CT molecular complexity index is 701. The van der Waals surface area contributed by atoms with Crippen molar-refractivity contribution in [1.82, 2.24) is 0 Å². The van der Waals surface area contributed by atoms with Gasteiger partial charge < -0.3 is 16.4 Å². The van der Waals surface area contributed by atoms with Gasteiger partial charge in [-0.3, -0.25) is 9.59 Å². The van der Waals surface area contributed by atoms with Crippen molar-refractivity contribution in [2.24, 2.45) is 5.73 Å². The van der Waals surface area contributed by atoms with Crippen molar-refractivity contribution in [3.05, 3.63) is 64.7 Å². The molecular formula is C17H19ClN3O2+. The third-order valence-electron chi connectivity index (χ3n) is 3.51. The van der Waals surface area contributed by atoms with Crippen molar-refractivity contribution in [2.45, 2.75) is 13.0 Å². The molecule has 2 rings (SSSR count). The molecule has 0 radical (unpaired) electrons. The number of hydrogen-bond acceptors (Lipinski definition) is 2. The lowest BCUT2D eigenvalue weighted by molar-refractivity contribution is -0.682. The monoisotopic (exact) mass is 332 g/mol. The van der Waals surface area contributed by atoms with E-state index in [1.165, 1.54) is 0 Å². The minimum atomic E-state index is -0.496. The molecule has 5 N–H and O–H groups in total. The second-order valence-electron chi connectivity index (χ2n) is 5.24. The number of amides is 2. The van der Waals surface area contributed by atoms with Crippen LogP contribution in [-0.2, 0) is 4.79 Å². The Morgan fingerprint density at radius 2 is 1.83 bits per heavy atom. The molecule has 0 unspecified atom stereocenters. The molecule has 0 spiro atoms. The Morgan fingerprint density at radius 1 is 1.17 bits per heavy atom. The molecule has 120 valence electrons. The standard InChI is InChI=1S/C17H18ClN3O2/c1-11(14-4-2-3-5-15(14)18)20-10-16(22)21-13-8-6-12(7-9-13)17(19)23/h2-9,11,20H,10H2,1H3,(H2,19,23)(H,21,22)/p+1/t11-/m1/s1. The topological polar surface area (TPSA) is 88.8 Å². The number of nitrogens with one attached hydrogen (secondary N) is 1. The van der Waals surface area contributed by atoms with E-state index in [4.69, 9.17) is 17.3 Å². The average molecular weight is 333 g/mol. The summed E-state index contributed by atoms with van der Waals surface area (Å²) in [5.41, 5.74) is 7.19. The van der Waals surface area contributed by atoms with E-state index in [0.29, 0.717) is 16.3 Å². The first-order chi connectivity index (χ1) is 11.0. The minimum Gasteiger partial charge on any atom is -0.366 e. The van der Waals surface area contributed by atoms with Gasteiger partial charge in [-0.15, -0.1) is 0 Å². The van der Waals surface area contributed by atoms with E-state index in [0.717, 1.165) is 5.56 Å². The lowest BCUT2D eigenvalue weighted by atomic mass is 10.1. The lowest BCUT2D eigenvalue weighted by Crippen LogP contribution is -2.86. The third kappa shape index (κ3) is 4.81. The summed E-state index contributed by atoms with van der Waals surface area (Å²) >= 11 is 6.15. The minimum absolute atomic E-state index is 0.0756. The Labute approximate surface area is 139 Å². The van der Waals surface area contributed by atoms with Crippen LogP contribution in [0.3, 0.4) is 0 Å². The van der Waals surface area contributed by atoms with Crippen molar-refractivity contribution in [3.8, 4) is 0 Å². The summed E-state index contributed by atoms with van der Waals surface area (Å²) in [6.45, 7) is 2.26. The van der Waals surface area contributed by atoms with Crippen molar-refractivity contribution in [2.75, 3.05) is 11.9 Å². The normalized spacial score (nSPS) is 11.7. The van der Waals surface area contributed by atoms with Crippen molar-refractivity contribution in [3.63, 3.8) is 0 Å². The van der Waals surface area contributed by atoms with E-state index in [2.05, 4.69) is 5.32 Å². The summed E-state index contributed by atoms with van der Waals surface area (Å²) in [6, 6.07) is 14.1. The number of benzene rings is 2. The third-order valence-corrected chi connectivity index (χ3v) is 3.85. The number of anilines is 1. The molecule has 0 saturated carbocycles. The molecule has 0 aliphatic carbocycles. The van der Waals surface area contributed by atoms with Crippen LogP contribution in [0.1, 0.15) is 28.9 Å². The van der Waals surface area contributed by atoms with Crippen LogP contribution in [-0.4, -0.2) is 18.4 Å². The van der Waals surface area contributed by atoms with Crippen molar-refractivity contribution >= 4 is 29.1 Å². The zero-order valence-electron chi connectivity index (χ0n) is 12.8. The highest BCUT2D eigenvalue weighted by Crippen LogP contribution is 2.19. The maximum absolute atomic E-state index is 12.0. The molecular weight excluding hydrogens is 314 g/mol. The first kappa shape index (κ1) is 17.0. The molecule has 2 aromatic rings. The van der Waals surface area contributed by atoms with Gasteiger partial charge in [0.1, 0.15) is 6.04 Å². The maximum Gasteiger partial charge on any atom is 0.279 e. The summed E-state index contributed by atoms with van der Waals surface area (Å²) in [6.07, 6.45) is 0. The van der Waals surface area contributed by atoms with Crippen LogP contribution in [0.15, 0.2) is 48.5 Å². The maximum atomic E-state index is 12.0.